The van der Waals surface area contributed by atoms with E-state index in [1.807, 2.05) is 0 Å². The highest BCUT2D eigenvalue weighted by Gasteiger charge is 2.22. The number of hydrogen-bond donors (Lipinski definition) is 0. The van der Waals surface area contributed by atoms with Crippen molar-refractivity contribution >= 4 is 11.9 Å². The Labute approximate surface area is 131 Å². The van der Waals surface area contributed by atoms with Gasteiger partial charge in [-0.1, -0.05) is 12.1 Å². The van der Waals surface area contributed by atoms with Gasteiger partial charge in [0, 0.05) is 6.42 Å². The highest BCUT2D eigenvalue weighted by molar-refractivity contribution is 5.89. The largest absolute Gasteiger partial charge is 0.462 e. The van der Waals surface area contributed by atoms with Crippen LogP contribution in [-0.4, -0.2) is 24.1 Å². The number of ether oxygens (including phenoxy) is 2. The van der Waals surface area contributed by atoms with Gasteiger partial charge in [0.1, 0.15) is 0 Å². The molecule has 0 aromatic heterocycles. The van der Waals surface area contributed by atoms with Crippen molar-refractivity contribution in [2.24, 2.45) is 0 Å². The van der Waals surface area contributed by atoms with Gasteiger partial charge in [0.05, 0.1) is 23.7 Å². The van der Waals surface area contributed by atoms with Crippen LogP contribution in [0.25, 0.3) is 0 Å². The molecule has 22 heavy (non-hydrogen) atoms. The molecule has 0 bridgehead atoms. The summed E-state index contributed by atoms with van der Waals surface area (Å²) in [5, 5.41) is 0. The first-order valence-corrected chi connectivity index (χ1v) is 7.30. The molecule has 1 aromatic carbocycles. The molecule has 1 rings (SSSR count). The van der Waals surface area contributed by atoms with Crippen molar-refractivity contribution in [2.45, 2.75) is 52.2 Å². The van der Waals surface area contributed by atoms with E-state index < -0.39 is 5.92 Å². The van der Waals surface area contributed by atoms with Crippen LogP contribution in [0.1, 0.15) is 56.0 Å². The Morgan fingerprint density at radius 2 is 1.59 bits per heavy atom. The van der Waals surface area contributed by atoms with Crippen LogP contribution in [-0.2, 0) is 14.3 Å². The summed E-state index contributed by atoms with van der Waals surface area (Å²) in [4.78, 5) is 23.9. The lowest BCUT2D eigenvalue weighted by molar-refractivity contribution is -0.149. The summed E-state index contributed by atoms with van der Waals surface area (Å²) in [5.74, 6) is 1.22. The van der Waals surface area contributed by atoms with Crippen LogP contribution in [0.15, 0.2) is 24.3 Å². The molecule has 1 aromatic rings. The van der Waals surface area contributed by atoms with Gasteiger partial charge in [0.15, 0.2) is 0 Å². The summed E-state index contributed by atoms with van der Waals surface area (Å²) in [6, 6.07) is 6.68. The Balaban J connectivity index is 2.91. The highest BCUT2D eigenvalue weighted by Crippen LogP contribution is 2.22. The van der Waals surface area contributed by atoms with Gasteiger partial charge >= 0.3 is 11.9 Å². The second kappa shape index (κ2) is 8.23. The minimum atomic E-state index is -0.525. The third-order valence-corrected chi connectivity index (χ3v) is 2.85. The minimum absolute atomic E-state index is 0.178. The van der Waals surface area contributed by atoms with Crippen molar-refractivity contribution in [1.82, 2.24) is 0 Å². The maximum absolute atomic E-state index is 12.1. The molecular formula is C18H22O4. The van der Waals surface area contributed by atoms with Crippen molar-refractivity contribution in [2.75, 3.05) is 0 Å². The maximum atomic E-state index is 12.1. The first-order valence-electron chi connectivity index (χ1n) is 7.30. The summed E-state index contributed by atoms with van der Waals surface area (Å²) in [5.41, 5.74) is 1.17. The van der Waals surface area contributed by atoms with Crippen molar-refractivity contribution in [3.8, 4) is 12.3 Å². The Morgan fingerprint density at radius 3 is 2.05 bits per heavy atom. The van der Waals surface area contributed by atoms with E-state index in [0.29, 0.717) is 5.56 Å². The molecule has 0 amide bonds. The van der Waals surface area contributed by atoms with E-state index in [0.717, 1.165) is 5.56 Å². The second-order valence-electron chi connectivity index (χ2n) is 5.52. The predicted octanol–water partition coefficient (Wildman–Crippen LogP) is 3.31. The fourth-order valence-electron chi connectivity index (χ4n) is 1.90. The number of hydrogen-bond acceptors (Lipinski definition) is 4. The lowest BCUT2D eigenvalue weighted by Crippen LogP contribution is -2.19. The summed E-state index contributed by atoms with van der Waals surface area (Å²) in [6.07, 6.45) is 5.21. The highest BCUT2D eigenvalue weighted by atomic mass is 16.5. The summed E-state index contributed by atoms with van der Waals surface area (Å²) in [6.45, 7) is 7.15. The lowest BCUT2D eigenvalue weighted by atomic mass is 9.95. The molecule has 0 aliphatic rings. The normalized spacial score (nSPS) is 11.9. The van der Waals surface area contributed by atoms with Crippen LogP contribution >= 0.6 is 0 Å². The first kappa shape index (κ1) is 17.8. The molecule has 0 aliphatic heterocycles. The second-order valence-corrected chi connectivity index (χ2v) is 5.52. The SMILES string of the molecule is C#CCC(C(=O)OC(C)C)c1ccc(C(=O)OC(C)C)cc1. The van der Waals surface area contributed by atoms with Crippen LogP contribution in [0.2, 0.25) is 0 Å². The number of terminal acetylenes is 1. The average molecular weight is 302 g/mol. The monoisotopic (exact) mass is 302 g/mol. The molecule has 4 nitrogen and oxygen atoms in total. The van der Waals surface area contributed by atoms with Gasteiger partial charge in [-0.25, -0.2) is 4.79 Å². The molecule has 0 spiro atoms. The molecule has 1 unspecified atom stereocenters. The van der Waals surface area contributed by atoms with Gasteiger partial charge in [-0.2, -0.15) is 0 Å². The van der Waals surface area contributed by atoms with Crippen molar-refractivity contribution < 1.29 is 19.1 Å². The van der Waals surface area contributed by atoms with Crippen molar-refractivity contribution in [3.05, 3.63) is 35.4 Å². The summed E-state index contributed by atoms with van der Waals surface area (Å²) < 4.78 is 10.3. The minimum Gasteiger partial charge on any atom is -0.462 e. The van der Waals surface area contributed by atoms with E-state index in [9.17, 15) is 9.59 Å². The van der Waals surface area contributed by atoms with Crippen LogP contribution in [0, 0.1) is 12.3 Å². The molecule has 1 atom stereocenters. The van der Waals surface area contributed by atoms with E-state index in [1.165, 1.54) is 0 Å². The summed E-state index contributed by atoms with van der Waals surface area (Å²) in [7, 11) is 0. The molecule has 0 fully saturated rings. The average Bonchev–Trinajstić information content (AvgIpc) is 2.43. The van der Waals surface area contributed by atoms with Crippen LogP contribution in [0.5, 0.6) is 0 Å². The Morgan fingerprint density at radius 1 is 1.05 bits per heavy atom. The molecule has 0 saturated carbocycles. The zero-order valence-electron chi connectivity index (χ0n) is 13.5. The molecule has 4 heteroatoms. The molecule has 0 radical (unpaired) electrons. The zero-order valence-corrected chi connectivity index (χ0v) is 13.5. The Kier molecular flexibility index (Phi) is 6.65. The van der Waals surface area contributed by atoms with Gasteiger partial charge in [0.2, 0.25) is 0 Å². The smallest absolute Gasteiger partial charge is 0.338 e. The number of benzene rings is 1. The van der Waals surface area contributed by atoms with E-state index in [4.69, 9.17) is 15.9 Å². The number of carbonyl (C=O) groups excluding carboxylic acids is 2. The lowest BCUT2D eigenvalue weighted by Gasteiger charge is -2.16. The first-order chi connectivity index (χ1) is 10.3. The Bertz CT molecular complexity index is 549. The Hall–Kier alpha value is -2.28. The molecule has 0 saturated heterocycles. The molecule has 0 N–H and O–H groups in total. The van der Waals surface area contributed by atoms with E-state index in [1.54, 1.807) is 52.0 Å². The predicted molar refractivity (Wildman–Crippen MR) is 84.4 cm³/mol. The number of rotatable bonds is 6. The molecule has 0 aliphatic carbocycles. The third kappa shape index (κ3) is 5.25. The van der Waals surface area contributed by atoms with E-state index in [2.05, 4.69) is 5.92 Å². The fourth-order valence-corrected chi connectivity index (χ4v) is 1.90. The molecule has 0 heterocycles. The van der Waals surface area contributed by atoms with Crippen LogP contribution < -0.4 is 0 Å². The third-order valence-electron chi connectivity index (χ3n) is 2.85. The molecule has 118 valence electrons. The van der Waals surface area contributed by atoms with Crippen molar-refractivity contribution in [1.29, 1.82) is 0 Å². The van der Waals surface area contributed by atoms with Gasteiger partial charge in [0.25, 0.3) is 0 Å². The van der Waals surface area contributed by atoms with Crippen LogP contribution in [0.4, 0.5) is 0 Å². The van der Waals surface area contributed by atoms with Gasteiger partial charge in [-0.05, 0) is 45.4 Å². The zero-order chi connectivity index (χ0) is 16.7. The molecular weight excluding hydrogens is 280 g/mol. The number of esters is 2. The number of carbonyl (C=O) groups is 2. The van der Waals surface area contributed by atoms with Crippen molar-refractivity contribution in [3.63, 3.8) is 0 Å². The summed E-state index contributed by atoms with van der Waals surface area (Å²) >= 11 is 0. The van der Waals surface area contributed by atoms with E-state index in [-0.39, 0.29) is 30.6 Å². The van der Waals surface area contributed by atoms with Gasteiger partial charge in [-0.3, -0.25) is 4.79 Å². The van der Waals surface area contributed by atoms with E-state index >= 15 is 0 Å². The fraction of sp³-hybridized carbons (Fsp3) is 0.444. The van der Waals surface area contributed by atoms with Crippen LogP contribution in [0.3, 0.4) is 0 Å². The standard InChI is InChI=1S/C18H22O4/c1-6-7-16(18(20)22-13(4)5)14-8-10-15(11-9-14)17(19)21-12(2)3/h1,8-13,16H,7H2,2-5H3. The van der Waals surface area contributed by atoms with Gasteiger partial charge in [-0.15, -0.1) is 12.3 Å². The maximum Gasteiger partial charge on any atom is 0.338 e. The van der Waals surface area contributed by atoms with Gasteiger partial charge < -0.3 is 9.47 Å². The quantitative estimate of drug-likeness (QED) is 0.597. The topological polar surface area (TPSA) is 52.6 Å².